The van der Waals surface area contributed by atoms with Gasteiger partial charge in [0.2, 0.25) is 0 Å². The highest BCUT2D eigenvalue weighted by Crippen LogP contribution is 2.41. The molecule has 0 N–H and O–H groups in total. The first-order valence-electron chi connectivity index (χ1n) is 17.1. The van der Waals surface area contributed by atoms with Crippen LogP contribution in [0, 0.1) is 5.82 Å². The van der Waals surface area contributed by atoms with E-state index in [1.165, 1.54) is 35.2 Å². The number of pyridine rings is 1. The summed E-state index contributed by atoms with van der Waals surface area (Å²) in [5, 5.41) is 7.43. The van der Waals surface area contributed by atoms with Crippen molar-refractivity contribution in [1.82, 2.24) is 19.3 Å². The molecule has 3 heterocycles. The minimum absolute atomic E-state index is 0.142. The summed E-state index contributed by atoms with van der Waals surface area (Å²) >= 11 is 0. The van der Waals surface area contributed by atoms with Crippen molar-refractivity contribution in [2.45, 2.75) is 72.1 Å². The first-order valence-corrected chi connectivity index (χ1v) is 17.1. The summed E-state index contributed by atoms with van der Waals surface area (Å²) in [5.74, 6) is 1.59. The van der Waals surface area contributed by atoms with Crippen LogP contribution in [0.3, 0.4) is 0 Å². The molecule has 0 spiro atoms. The Bertz CT molecular complexity index is 2300. The molecule has 0 radical (unpaired) electrons. The van der Waals surface area contributed by atoms with E-state index < -0.39 is 0 Å². The van der Waals surface area contributed by atoms with Crippen LogP contribution in [0.4, 0.5) is 4.39 Å². The Hall–Kier alpha value is -5.23. The quantitative estimate of drug-likeness (QED) is 0.172. The molecule has 3 aromatic heterocycles. The van der Waals surface area contributed by atoms with Crippen molar-refractivity contribution in [2.24, 2.45) is 0 Å². The average Bonchev–Trinajstić information content (AvgIpc) is 3.61. The molecule has 6 heteroatoms. The molecule has 0 bridgehead atoms. The third kappa shape index (κ3) is 6.12. The molecule has 0 fully saturated rings. The largest absolute Gasteiger partial charge is 0.457 e. The third-order valence-electron chi connectivity index (χ3n) is 9.04. The number of hydrogen-bond acceptors (Lipinski definition) is 3. The van der Waals surface area contributed by atoms with Crippen molar-refractivity contribution in [2.75, 3.05) is 0 Å². The zero-order valence-corrected chi connectivity index (χ0v) is 29.4. The Morgan fingerprint density at radius 3 is 2.16 bits per heavy atom. The normalized spacial score (nSPS) is 12.2. The van der Waals surface area contributed by atoms with Gasteiger partial charge in [-0.15, -0.1) is 0 Å². The molecule has 0 unspecified atom stereocenters. The van der Waals surface area contributed by atoms with E-state index in [1.54, 1.807) is 0 Å². The zero-order chi connectivity index (χ0) is 34.5. The lowest BCUT2D eigenvalue weighted by molar-refractivity contribution is 0.477. The Morgan fingerprint density at radius 1 is 0.714 bits per heavy atom. The van der Waals surface area contributed by atoms with Crippen LogP contribution in [0.2, 0.25) is 0 Å². The molecule has 248 valence electrons. The Morgan fingerprint density at radius 2 is 1.45 bits per heavy atom. The number of hydrogen-bond donors (Lipinski definition) is 0. The topological polar surface area (TPSA) is 44.9 Å². The molecule has 0 aliphatic rings. The van der Waals surface area contributed by atoms with Gasteiger partial charge in [0.1, 0.15) is 23.1 Å². The lowest BCUT2D eigenvalue weighted by Crippen LogP contribution is -2.19. The molecule has 7 aromatic rings. The van der Waals surface area contributed by atoms with Crippen LogP contribution in [0.1, 0.15) is 71.8 Å². The van der Waals surface area contributed by atoms with E-state index in [2.05, 4.69) is 119 Å². The number of aryl methyl sites for hydroxylation is 1. The predicted octanol–water partition coefficient (Wildman–Crippen LogP) is 11.5. The summed E-state index contributed by atoms with van der Waals surface area (Å²) in [6, 6.07) is 34.2. The first kappa shape index (κ1) is 32.3. The number of rotatable bonds is 7. The SMILES string of the molecule is CCCc1nn(-c2cc(Oc3ccc4c5ccccc5n(-c5cc(F)ccn5)c4c3)cc(C(C)(C)C)c2)c(C(C)(C)C)c1-c1ccccc1. The fourth-order valence-corrected chi connectivity index (χ4v) is 6.77. The molecule has 5 nitrogen and oxygen atoms in total. The zero-order valence-electron chi connectivity index (χ0n) is 29.4. The highest BCUT2D eigenvalue weighted by Gasteiger charge is 2.30. The fourth-order valence-electron chi connectivity index (χ4n) is 6.77. The highest BCUT2D eigenvalue weighted by molar-refractivity contribution is 6.09. The summed E-state index contributed by atoms with van der Waals surface area (Å²) in [7, 11) is 0. The highest BCUT2D eigenvalue weighted by atomic mass is 19.1. The lowest BCUT2D eigenvalue weighted by Gasteiger charge is -2.25. The van der Waals surface area contributed by atoms with Gasteiger partial charge in [-0.2, -0.15) is 5.10 Å². The second kappa shape index (κ2) is 12.3. The third-order valence-corrected chi connectivity index (χ3v) is 9.04. The van der Waals surface area contributed by atoms with Crippen LogP contribution in [0.5, 0.6) is 11.5 Å². The number of benzene rings is 4. The van der Waals surface area contributed by atoms with Crippen LogP contribution in [-0.2, 0) is 17.3 Å². The summed E-state index contributed by atoms with van der Waals surface area (Å²) in [5.41, 5.74) is 8.30. The summed E-state index contributed by atoms with van der Waals surface area (Å²) < 4.78 is 25.3. The fraction of sp³-hybridized carbons (Fsp3) is 0.256. The van der Waals surface area contributed by atoms with Gasteiger partial charge in [-0.25, -0.2) is 14.1 Å². The second-order valence-electron chi connectivity index (χ2n) is 14.9. The Kier molecular flexibility index (Phi) is 8.14. The minimum Gasteiger partial charge on any atom is -0.457 e. The van der Waals surface area contributed by atoms with E-state index in [0.717, 1.165) is 57.3 Å². The van der Waals surface area contributed by atoms with Crippen molar-refractivity contribution in [3.05, 3.63) is 132 Å². The minimum atomic E-state index is -0.333. The van der Waals surface area contributed by atoms with Crippen molar-refractivity contribution in [1.29, 1.82) is 0 Å². The summed E-state index contributed by atoms with van der Waals surface area (Å²) in [6.45, 7) is 15.6. The van der Waals surface area contributed by atoms with Crippen LogP contribution in [-0.4, -0.2) is 19.3 Å². The Labute approximate surface area is 288 Å². The van der Waals surface area contributed by atoms with Crippen LogP contribution in [0.25, 0.3) is 44.4 Å². The lowest BCUT2D eigenvalue weighted by atomic mass is 9.85. The van der Waals surface area contributed by atoms with Crippen LogP contribution in [0.15, 0.2) is 109 Å². The van der Waals surface area contributed by atoms with Gasteiger partial charge in [0.05, 0.1) is 28.1 Å². The predicted molar refractivity (Wildman–Crippen MR) is 199 cm³/mol. The van der Waals surface area contributed by atoms with Crippen molar-refractivity contribution >= 4 is 21.8 Å². The van der Waals surface area contributed by atoms with Crippen LogP contribution < -0.4 is 4.74 Å². The first-order chi connectivity index (χ1) is 23.4. The molecule has 7 rings (SSSR count). The summed E-state index contributed by atoms with van der Waals surface area (Å²) in [4.78, 5) is 4.52. The smallest absolute Gasteiger partial charge is 0.140 e. The molecule has 0 saturated heterocycles. The standard InChI is InChI=1S/C43H43FN4O/c1-8-14-36-40(28-15-10-9-11-16-28)41(43(5,6)7)48(46-36)31-23-29(42(2,3)4)24-33(26-31)49-32-19-20-35-34-17-12-13-18-37(34)47(38(35)27-32)39-25-30(44)21-22-45-39/h9-13,15-27H,8,14H2,1-7H3. The molecule has 0 aliphatic heterocycles. The molecule has 0 amide bonds. The number of nitrogens with zero attached hydrogens (tertiary/aromatic N) is 4. The molecule has 4 aromatic carbocycles. The number of aromatic nitrogens is 4. The van der Waals surface area contributed by atoms with Gasteiger partial charge in [0.15, 0.2) is 0 Å². The van der Waals surface area contributed by atoms with Gasteiger partial charge < -0.3 is 4.74 Å². The molecule has 0 aliphatic carbocycles. The van der Waals surface area contributed by atoms with Gasteiger partial charge in [-0.1, -0.05) is 103 Å². The van der Waals surface area contributed by atoms with Crippen molar-refractivity contribution in [3.8, 4) is 34.1 Å². The van der Waals surface area contributed by atoms with E-state index in [9.17, 15) is 4.39 Å². The number of ether oxygens (including phenoxy) is 1. The Balaban J connectivity index is 1.40. The van der Waals surface area contributed by atoms with Gasteiger partial charge in [-0.05, 0) is 59.4 Å². The second-order valence-corrected chi connectivity index (χ2v) is 14.9. The number of fused-ring (bicyclic) bond motifs is 3. The molecular weight excluding hydrogens is 607 g/mol. The van der Waals surface area contributed by atoms with E-state index in [0.29, 0.717) is 11.6 Å². The van der Waals surface area contributed by atoms with E-state index >= 15 is 0 Å². The molecule has 49 heavy (non-hydrogen) atoms. The van der Waals surface area contributed by atoms with E-state index in [-0.39, 0.29) is 16.6 Å². The average molecular weight is 651 g/mol. The van der Waals surface area contributed by atoms with Crippen molar-refractivity contribution < 1.29 is 9.13 Å². The molecular formula is C43H43FN4O. The van der Waals surface area contributed by atoms with Gasteiger partial charge in [-0.3, -0.25) is 4.57 Å². The van der Waals surface area contributed by atoms with Gasteiger partial charge in [0, 0.05) is 46.1 Å². The summed E-state index contributed by atoms with van der Waals surface area (Å²) in [6.07, 6.45) is 3.39. The molecule has 0 atom stereocenters. The van der Waals surface area contributed by atoms with E-state index in [1.807, 2.05) is 34.9 Å². The van der Waals surface area contributed by atoms with Crippen molar-refractivity contribution in [3.63, 3.8) is 0 Å². The maximum atomic E-state index is 14.4. The maximum absolute atomic E-state index is 14.4. The van der Waals surface area contributed by atoms with Gasteiger partial charge >= 0.3 is 0 Å². The molecule has 0 saturated carbocycles. The number of halogens is 1. The van der Waals surface area contributed by atoms with Gasteiger partial charge in [0.25, 0.3) is 0 Å². The maximum Gasteiger partial charge on any atom is 0.140 e. The van der Waals surface area contributed by atoms with E-state index in [4.69, 9.17) is 9.84 Å². The van der Waals surface area contributed by atoms with Crippen LogP contribution >= 0.6 is 0 Å². The monoisotopic (exact) mass is 650 g/mol. The number of para-hydroxylation sites is 1.